The third-order valence-electron chi connectivity index (χ3n) is 9.72. The second-order valence-corrected chi connectivity index (χ2v) is 16.4. The van der Waals surface area contributed by atoms with Crippen LogP contribution in [0, 0.1) is 5.95 Å². The topological polar surface area (TPSA) is 144 Å². The molecule has 0 unspecified atom stereocenters. The zero-order valence-electron chi connectivity index (χ0n) is 31.2. The van der Waals surface area contributed by atoms with E-state index in [4.69, 9.17) is 14.5 Å². The maximum Gasteiger partial charge on any atom is 0.407 e. The smallest absolute Gasteiger partial charge is 0.407 e. The van der Waals surface area contributed by atoms with Gasteiger partial charge in [0, 0.05) is 31.9 Å². The number of fused-ring (bicyclic) bond motifs is 3. The average Bonchev–Trinajstić information content (AvgIpc) is 3.87. The van der Waals surface area contributed by atoms with Crippen LogP contribution >= 0.6 is 0 Å². The number of amides is 1. The zero-order chi connectivity index (χ0) is 39.4. The van der Waals surface area contributed by atoms with Crippen molar-refractivity contribution in [2.75, 3.05) is 6.61 Å². The van der Waals surface area contributed by atoms with Gasteiger partial charge in [0.1, 0.15) is 5.60 Å². The van der Waals surface area contributed by atoms with E-state index in [1.807, 2.05) is 12.1 Å². The van der Waals surface area contributed by atoms with Gasteiger partial charge in [0.15, 0.2) is 5.65 Å². The summed E-state index contributed by atoms with van der Waals surface area (Å²) in [5, 5.41) is 7.20. The lowest BCUT2D eigenvalue weighted by Crippen LogP contribution is -2.43. The number of nitrogens with zero attached hydrogens (tertiary/aromatic N) is 6. The van der Waals surface area contributed by atoms with Gasteiger partial charge < -0.3 is 14.8 Å². The fourth-order valence-corrected chi connectivity index (χ4v) is 8.92. The highest BCUT2D eigenvalue weighted by Gasteiger charge is 2.41. The summed E-state index contributed by atoms with van der Waals surface area (Å²) in [6.07, 6.45) is 5.60. The summed E-state index contributed by atoms with van der Waals surface area (Å²) < 4.78 is 62.8. The number of aromatic nitrogens is 6. The van der Waals surface area contributed by atoms with Gasteiger partial charge in [-0.25, -0.2) is 27.0 Å². The molecule has 286 valence electrons. The quantitative estimate of drug-likeness (QED) is 0.154. The van der Waals surface area contributed by atoms with Crippen molar-refractivity contribution in [1.82, 2.24) is 33.2 Å². The van der Waals surface area contributed by atoms with Gasteiger partial charge in [-0.2, -0.15) is 4.39 Å². The van der Waals surface area contributed by atoms with Crippen LogP contribution in [0.3, 0.4) is 0 Å². The summed E-state index contributed by atoms with van der Waals surface area (Å²) in [6, 6.07) is 14.0. The first-order chi connectivity index (χ1) is 26.1. The van der Waals surface area contributed by atoms with Crippen LogP contribution in [0.15, 0.2) is 95.9 Å². The van der Waals surface area contributed by atoms with Gasteiger partial charge in [-0.15, -0.1) is 11.7 Å². The summed E-state index contributed by atoms with van der Waals surface area (Å²) >= 11 is 0. The van der Waals surface area contributed by atoms with Crippen LogP contribution < -0.4 is 11.0 Å². The van der Waals surface area contributed by atoms with Gasteiger partial charge in [0.05, 0.1) is 57.5 Å². The second-order valence-electron chi connectivity index (χ2n) is 14.6. The lowest BCUT2D eigenvalue weighted by Gasteiger charge is -2.24. The van der Waals surface area contributed by atoms with Gasteiger partial charge >= 0.3 is 11.8 Å². The number of hydrogen-bond donors (Lipinski definition) is 1. The zero-order valence-corrected chi connectivity index (χ0v) is 32.0. The standard InChI is InChI=1S/C40H42FN7O6S/c1-8-19-53-31-21-26(20-29(31)43-38(49)54-40(3,4)5)47-35-30(46(7)39(47)50)22-42-37-33(35)32(25-17-15-24(9-2)16-18-25)34(28-23-45(6)44-36(28)41)48(37)55(51,52)27-13-11-10-12-14-27/h8-18,22-23,26,29,31H,1-2,19-21H2,3-7H3,(H,43,49)/t26-,29-,31+/m0/s1. The van der Waals surface area contributed by atoms with Crippen molar-refractivity contribution < 1.29 is 27.1 Å². The number of nitrogens with one attached hydrogen (secondary N) is 1. The molecule has 4 heterocycles. The Balaban J connectivity index is 1.57. The predicted octanol–water partition coefficient (Wildman–Crippen LogP) is 6.58. The van der Waals surface area contributed by atoms with Gasteiger partial charge in [-0.3, -0.25) is 13.8 Å². The first-order valence-electron chi connectivity index (χ1n) is 17.7. The minimum Gasteiger partial charge on any atom is -0.444 e. The Morgan fingerprint density at radius 3 is 2.40 bits per heavy atom. The third kappa shape index (κ3) is 6.67. The van der Waals surface area contributed by atoms with E-state index in [9.17, 15) is 18.0 Å². The largest absolute Gasteiger partial charge is 0.444 e. The molecule has 2 aromatic carbocycles. The molecule has 4 aromatic heterocycles. The number of halogens is 1. The lowest BCUT2D eigenvalue weighted by molar-refractivity contribution is 0.0323. The molecular weight excluding hydrogens is 726 g/mol. The second kappa shape index (κ2) is 14.1. The normalized spacial score (nSPS) is 17.5. The first kappa shape index (κ1) is 37.5. The summed E-state index contributed by atoms with van der Waals surface area (Å²) in [6.45, 7) is 13.1. The average molecular weight is 768 g/mol. The lowest BCUT2D eigenvalue weighted by atomic mass is 9.98. The van der Waals surface area contributed by atoms with Gasteiger partial charge in [-0.05, 0) is 56.9 Å². The number of benzene rings is 2. The molecule has 1 amide bonds. The van der Waals surface area contributed by atoms with Crippen molar-refractivity contribution in [3.63, 3.8) is 0 Å². The molecule has 0 bridgehead atoms. The molecule has 0 radical (unpaired) electrons. The van der Waals surface area contributed by atoms with Crippen molar-refractivity contribution in [1.29, 1.82) is 0 Å². The number of carbonyl (C=O) groups excluding carboxylic acids is 1. The number of alkyl carbamates (subject to hydrolysis) is 1. The predicted molar refractivity (Wildman–Crippen MR) is 209 cm³/mol. The fraction of sp³-hybridized carbons (Fsp3) is 0.300. The van der Waals surface area contributed by atoms with E-state index in [-0.39, 0.29) is 34.8 Å². The molecule has 7 rings (SSSR count). The van der Waals surface area contributed by atoms with Gasteiger partial charge in [0.25, 0.3) is 10.0 Å². The molecule has 1 fully saturated rings. The van der Waals surface area contributed by atoms with Crippen molar-refractivity contribution in [3.05, 3.63) is 108 Å². The maximum atomic E-state index is 16.0. The first-order valence-corrected chi connectivity index (χ1v) is 19.2. The summed E-state index contributed by atoms with van der Waals surface area (Å²) in [5.41, 5.74) is 1.23. The van der Waals surface area contributed by atoms with Crippen molar-refractivity contribution in [2.24, 2.45) is 14.1 Å². The molecule has 1 aliphatic carbocycles. The van der Waals surface area contributed by atoms with Crippen LogP contribution in [0.1, 0.15) is 45.2 Å². The summed E-state index contributed by atoms with van der Waals surface area (Å²) in [5.74, 6) is -0.894. The van der Waals surface area contributed by atoms with E-state index in [1.165, 1.54) is 33.8 Å². The Morgan fingerprint density at radius 1 is 1.07 bits per heavy atom. The molecular formula is C40H42FN7O6S. The van der Waals surface area contributed by atoms with Gasteiger partial charge in [0.2, 0.25) is 5.95 Å². The van der Waals surface area contributed by atoms with Crippen LogP contribution in [-0.2, 0) is 33.6 Å². The molecule has 3 atom stereocenters. The molecule has 0 aliphatic heterocycles. The Kier molecular flexibility index (Phi) is 9.63. The molecule has 0 spiro atoms. The Bertz CT molecular complexity index is 2630. The Morgan fingerprint density at radius 2 is 1.78 bits per heavy atom. The minimum atomic E-state index is -4.46. The van der Waals surface area contributed by atoms with Crippen LogP contribution in [0.2, 0.25) is 0 Å². The number of pyridine rings is 1. The summed E-state index contributed by atoms with van der Waals surface area (Å²) in [7, 11) is -1.30. The number of rotatable bonds is 10. The number of hydrogen-bond acceptors (Lipinski definition) is 8. The monoisotopic (exact) mass is 767 g/mol. The molecule has 55 heavy (non-hydrogen) atoms. The van der Waals surface area contributed by atoms with Crippen molar-refractivity contribution in [3.8, 4) is 22.4 Å². The van der Waals surface area contributed by atoms with Crippen LogP contribution in [-0.4, -0.2) is 66.7 Å². The van der Waals surface area contributed by atoms with Crippen molar-refractivity contribution in [2.45, 2.75) is 62.3 Å². The Labute approximate surface area is 317 Å². The number of imidazole rings is 1. The highest BCUT2D eigenvalue weighted by molar-refractivity contribution is 7.90. The number of carbonyl (C=O) groups is 1. The van der Waals surface area contributed by atoms with E-state index in [1.54, 1.807) is 81.9 Å². The third-order valence-corrected chi connectivity index (χ3v) is 11.4. The SMILES string of the molecule is C=CCO[C@@H]1C[C@@H](n2c(=O)n(C)c3cnc4c(c(-c5ccc(C=C)cc5)c(-c5cn(C)nc5F)n4S(=O)(=O)c4ccccc4)c32)C[C@@H]1NC(=O)OC(C)(C)C. The van der Waals surface area contributed by atoms with Crippen LogP contribution in [0.25, 0.3) is 50.5 Å². The Hall–Kier alpha value is -5.80. The van der Waals surface area contributed by atoms with Gasteiger partial charge in [-0.1, -0.05) is 61.2 Å². The number of aryl methyl sites for hydroxylation is 2. The minimum absolute atomic E-state index is 0.0123. The maximum absolute atomic E-state index is 16.0. The summed E-state index contributed by atoms with van der Waals surface area (Å²) in [4.78, 5) is 32.1. The van der Waals surface area contributed by atoms with Crippen LogP contribution in [0.4, 0.5) is 9.18 Å². The van der Waals surface area contributed by atoms with E-state index >= 15 is 4.39 Å². The van der Waals surface area contributed by atoms with Crippen LogP contribution in [0.5, 0.6) is 0 Å². The highest BCUT2D eigenvalue weighted by Crippen LogP contribution is 2.46. The molecule has 0 saturated heterocycles. The molecule has 1 N–H and O–H groups in total. The number of ether oxygens (including phenoxy) is 2. The fourth-order valence-electron chi connectivity index (χ4n) is 7.41. The molecule has 15 heteroatoms. The van der Waals surface area contributed by atoms with E-state index < -0.39 is 51.5 Å². The molecule has 1 saturated carbocycles. The molecule has 1 aliphatic rings. The molecule has 6 aromatic rings. The van der Waals surface area contributed by atoms with E-state index in [0.717, 1.165) is 9.54 Å². The van der Waals surface area contributed by atoms with E-state index in [0.29, 0.717) is 34.0 Å². The molecule has 13 nitrogen and oxygen atoms in total. The van der Waals surface area contributed by atoms with E-state index in [2.05, 4.69) is 23.6 Å². The van der Waals surface area contributed by atoms with Crippen molar-refractivity contribution >= 4 is 44.3 Å². The highest BCUT2D eigenvalue weighted by atomic mass is 32.2.